The molecule has 2 aromatic carbocycles. The maximum Gasteiger partial charge on any atom is 0.253 e. The molecule has 2 aromatic rings. The molecule has 6 heteroatoms. The molecule has 1 fully saturated rings. The second kappa shape index (κ2) is 8.56. The van der Waals surface area contributed by atoms with Gasteiger partial charge in [0.15, 0.2) is 0 Å². The van der Waals surface area contributed by atoms with E-state index in [1.807, 2.05) is 7.05 Å². The Morgan fingerprint density at radius 3 is 2.50 bits per heavy atom. The number of benzene rings is 2. The lowest BCUT2D eigenvalue weighted by Crippen LogP contribution is -2.36. The summed E-state index contributed by atoms with van der Waals surface area (Å²) in [5.41, 5.74) is 2.93. The zero-order valence-electron chi connectivity index (χ0n) is 15.1. The highest BCUT2D eigenvalue weighted by molar-refractivity contribution is 9.10. The van der Waals surface area contributed by atoms with Gasteiger partial charge in [-0.25, -0.2) is 0 Å². The van der Waals surface area contributed by atoms with Gasteiger partial charge in [0, 0.05) is 37.9 Å². The van der Waals surface area contributed by atoms with E-state index in [1.54, 1.807) is 30.2 Å². The number of halogens is 1. The Hall–Kier alpha value is -2.05. The fraction of sp³-hybridized carbons (Fsp3) is 0.350. The zero-order chi connectivity index (χ0) is 18.5. The molecule has 0 N–H and O–H groups in total. The first-order valence-electron chi connectivity index (χ1n) is 8.59. The Labute approximate surface area is 162 Å². The summed E-state index contributed by atoms with van der Waals surface area (Å²) in [6.07, 6.45) is 0. The van der Waals surface area contributed by atoms with Crippen LogP contribution in [0.3, 0.4) is 0 Å². The molecule has 5 nitrogen and oxygen atoms in total. The predicted molar refractivity (Wildman–Crippen MR) is 106 cm³/mol. The minimum atomic E-state index is -0.0226. The molecular weight excluding hydrogens is 396 g/mol. The summed E-state index contributed by atoms with van der Waals surface area (Å²) in [7, 11) is 3.42. The molecule has 0 aliphatic carbocycles. The number of anilines is 1. The number of carbonyl (C=O) groups excluding carboxylic acids is 1. The second-order valence-electron chi connectivity index (χ2n) is 6.28. The highest BCUT2D eigenvalue weighted by atomic mass is 79.9. The van der Waals surface area contributed by atoms with Gasteiger partial charge in [0.2, 0.25) is 0 Å². The van der Waals surface area contributed by atoms with E-state index in [0.29, 0.717) is 17.9 Å². The lowest BCUT2D eigenvalue weighted by Gasteiger charge is -2.29. The number of carbonyl (C=O) groups is 1. The Bertz CT molecular complexity index is 758. The minimum Gasteiger partial charge on any atom is -0.496 e. The lowest BCUT2D eigenvalue weighted by atomic mass is 10.1. The summed E-state index contributed by atoms with van der Waals surface area (Å²) in [5.74, 6) is 0.688. The lowest BCUT2D eigenvalue weighted by molar-refractivity contribution is 0.0785. The van der Waals surface area contributed by atoms with E-state index in [9.17, 15) is 4.79 Å². The van der Waals surface area contributed by atoms with E-state index in [1.165, 1.54) is 5.69 Å². The Morgan fingerprint density at radius 2 is 1.88 bits per heavy atom. The molecule has 1 aliphatic rings. The molecule has 0 unspecified atom stereocenters. The maximum absolute atomic E-state index is 12.7. The first-order chi connectivity index (χ1) is 12.6. The maximum atomic E-state index is 12.7. The van der Waals surface area contributed by atoms with Crippen LogP contribution in [0.2, 0.25) is 0 Å². The standard InChI is InChI=1S/C20H23BrN2O3/c1-22(20(24)16-5-8-19(25-2)18(21)13-16)14-15-3-6-17(7-4-15)23-9-11-26-12-10-23/h3-8,13H,9-12,14H2,1-2H3. The van der Waals surface area contributed by atoms with Gasteiger partial charge < -0.3 is 19.3 Å². The van der Waals surface area contributed by atoms with Crippen LogP contribution in [0.1, 0.15) is 15.9 Å². The van der Waals surface area contributed by atoms with Crippen LogP contribution < -0.4 is 9.64 Å². The fourth-order valence-corrected chi connectivity index (χ4v) is 3.54. The van der Waals surface area contributed by atoms with Crippen LogP contribution in [0.15, 0.2) is 46.9 Å². The zero-order valence-corrected chi connectivity index (χ0v) is 16.7. The minimum absolute atomic E-state index is 0.0226. The van der Waals surface area contributed by atoms with E-state index in [-0.39, 0.29) is 5.91 Å². The number of amides is 1. The van der Waals surface area contributed by atoms with E-state index >= 15 is 0 Å². The third-order valence-electron chi connectivity index (χ3n) is 4.48. The normalized spacial score (nSPS) is 14.2. The first-order valence-corrected chi connectivity index (χ1v) is 9.38. The molecule has 1 aliphatic heterocycles. The van der Waals surface area contributed by atoms with E-state index in [2.05, 4.69) is 45.1 Å². The van der Waals surface area contributed by atoms with Crippen molar-refractivity contribution in [2.24, 2.45) is 0 Å². The van der Waals surface area contributed by atoms with Gasteiger partial charge in [0.25, 0.3) is 5.91 Å². The topological polar surface area (TPSA) is 42.0 Å². The van der Waals surface area contributed by atoms with Crippen molar-refractivity contribution >= 4 is 27.5 Å². The predicted octanol–water partition coefficient (Wildman–Crippen LogP) is 3.57. The van der Waals surface area contributed by atoms with Crippen molar-refractivity contribution in [1.29, 1.82) is 0 Å². The Morgan fingerprint density at radius 1 is 1.19 bits per heavy atom. The molecule has 3 rings (SSSR count). The number of morpholine rings is 1. The van der Waals surface area contributed by atoms with E-state index in [4.69, 9.17) is 9.47 Å². The molecule has 1 amide bonds. The van der Waals surface area contributed by atoms with Crippen molar-refractivity contribution in [2.75, 3.05) is 45.4 Å². The summed E-state index contributed by atoms with van der Waals surface area (Å²) < 4.78 is 11.4. The number of methoxy groups -OCH3 is 1. The van der Waals surface area contributed by atoms with E-state index < -0.39 is 0 Å². The van der Waals surface area contributed by atoms with Crippen molar-refractivity contribution < 1.29 is 14.3 Å². The van der Waals surface area contributed by atoms with Gasteiger partial charge >= 0.3 is 0 Å². The van der Waals surface area contributed by atoms with Gasteiger partial charge in [-0.15, -0.1) is 0 Å². The van der Waals surface area contributed by atoms with Crippen molar-refractivity contribution in [3.05, 3.63) is 58.1 Å². The van der Waals surface area contributed by atoms with Crippen molar-refractivity contribution in [3.63, 3.8) is 0 Å². The molecule has 0 aromatic heterocycles. The summed E-state index contributed by atoms with van der Waals surface area (Å²) in [4.78, 5) is 16.7. The van der Waals surface area contributed by atoms with Crippen LogP contribution in [0.4, 0.5) is 5.69 Å². The molecule has 0 bridgehead atoms. The Kier molecular flexibility index (Phi) is 6.16. The van der Waals surface area contributed by atoms with Gasteiger partial charge in [-0.3, -0.25) is 4.79 Å². The monoisotopic (exact) mass is 418 g/mol. The molecular formula is C20H23BrN2O3. The largest absolute Gasteiger partial charge is 0.496 e. The highest BCUT2D eigenvalue weighted by Gasteiger charge is 2.15. The fourth-order valence-electron chi connectivity index (χ4n) is 3.00. The highest BCUT2D eigenvalue weighted by Crippen LogP contribution is 2.26. The third kappa shape index (κ3) is 4.37. The summed E-state index contributed by atoms with van der Waals surface area (Å²) in [5, 5.41) is 0. The van der Waals surface area contributed by atoms with Crippen LogP contribution in [0.25, 0.3) is 0 Å². The molecule has 138 valence electrons. The quantitative estimate of drug-likeness (QED) is 0.744. The van der Waals surface area contributed by atoms with Gasteiger partial charge in [-0.1, -0.05) is 12.1 Å². The summed E-state index contributed by atoms with van der Waals surface area (Å²) >= 11 is 3.43. The van der Waals surface area contributed by atoms with Gasteiger partial charge in [-0.2, -0.15) is 0 Å². The van der Waals surface area contributed by atoms with Crippen molar-refractivity contribution in [2.45, 2.75) is 6.54 Å². The second-order valence-corrected chi connectivity index (χ2v) is 7.13. The van der Waals surface area contributed by atoms with Crippen LogP contribution in [-0.2, 0) is 11.3 Å². The van der Waals surface area contributed by atoms with Crippen LogP contribution in [0.5, 0.6) is 5.75 Å². The first kappa shape index (κ1) is 18.7. The smallest absolute Gasteiger partial charge is 0.253 e. The molecule has 0 radical (unpaired) electrons. The van der Waals surface area contributed by atoms with Crippen molar-refractivity contribution in [1.82, 2.24) is 4.90 Å². The summed E-state index contributed by atoms with van der Waals surface area (Å²) in [6.45, 7) is 3.95. The molecule has 1 heterocycles. The molecule has 26 heavy (non-hydrogen) atoms. The average Bonchev–Trinajstić information content (AvgIpc) is 2.68. The van der Waals surface area contributed by atoms with Gasteiger partial charge in [-0.05, 0) is 51.8 Å². The third-order valence-corrected chi connectivity index (χ3v) is 5.10. The molecule has 0 spiro atoms. The van der Waals surface area contributed by atoms with E-state index in [0.717, 1.165) is 36.3 Å². The number of hydrogen-bond donors (Lipinski definition) is 0. The molecule has 0 atom stereocenters. The van der Waals surface area contributed by atoms with Crippen LogP contribution in [0, 0.1) is 0 Å². The molecule has 0 saturated carbocycles. The SMILES string of the molecule is COc1ccc(C(=O)N(C)Cc2ccc(N3CCOCC3)cc2)cc1Br. The Balaban J connectivity index is 1.64. The van der Waals surface area contributed by atoms with Gasteiger partial charge in [0.1, 0.15) is 5.75 Å². The van der Waals surface area contributed by atoms with Gasteiger partial charge in [0.05, 0.1) is 24.8 Å². The summed E-state index contributed by atoms with van der Waals surface area (Å²) in [6, 6.07) is 13.8. The molecule has 1 saturated heterocycles. The number of ether oxygens (including phenoxy) is 2. The number of hydrogen-bond acceptors (Lipinski definition) is 4. The van der Waals surface area contributed by atoms with Crippen LogP contribution in [-0.4, -0.2) is 51.3 Å². The van der Waals surface area contributed by atoms with Crippen molar-refractivity contribution in [3.8, 4) is 5.75 Å². The average molecular weight is 419 g/mol. The number of nitrogens with zero attached hydrogens (tertiary/aromatic N) is 2. The number of rotatable bonds is 5. The van der Waals surface area contributed by atoms with Crippen LogP contribution >= 0.6 is 15.9 Å².